The van der Waals surface area contributed by atoms with Crippen molar-refractivity contribution in [3.05, 3.63) is 112 Å². The number of rotatable bonds is 13. The second kappa shape index (κ2) is 16.3. The number of carbonyl (C=O) groups excluding carboxylic acids is 2. The predicted octanol–water partition coefficient (Wildman–Crippen LogP) is 5.99. The van der Waals surface area contributed by atoms with Gasteiger partial charge in [0.25, 0.3) is 11.8 Å². The number of hydrogen-bond donors (Lipinski definition) is 4. The lowest BCUT2D eigenvalue weighted by molar-refractivity contribution is 0.0904. The molecular formula is C44H52N8O3. The summed E-state index contributed by atoms with van der Waals surface area (Å²) in [6, 6.07) is 23.7. The minimum absolute atomic E-state index is 0.229. The largest absolute Gasteiger partial charge is 0.381 e. The first-order valence-electron chi connectivity index (χ1n) is 19.9. The Bertz CT molecular complexity index is 2190. The fraction of sp³-hybridized carbons (Fsp3) is 0.409. The highest BCUT2D eigenvalue weighted by atomic mass is 16.5. The van der Waals surface area contributed by atoms with Gasteiger partial charge in [0.2, 0.25) is 0 Å². The van der Waals surface area contributed by atoms with E-state index in [9.17, 15) is 9.59 Å². The van der Waals surface area contributed by atoms with Gasteiger partial charge in [-0.25, -0.2) is 9.67 Å². The summed E-state index contributed by atoms with van der Waals surface area (Å²) < 4.78 is 7.52. The van der Waals surface area contributed by atoms with Gasteiger partial charge in [-0.3, -0.25) is 14.5 Å². The molecule has 3 aliphatic heterocycles. The van der Waals surface area contributed by atoms with Crippen molar-refractivity contribution in [2.75, 3.05) is 31.6 Å². The highest BCUT2D eigenvalue weighted by Crippen LogP contribution is 2.32. The summed E-state index contributed by atoms with van der Waals surface area (Å²) in [5.74, 6) is -0.481. The second-order valence-corrected chi connectivity index (χ2v) is 15.3. The van der Waals surface area contributed by atoms with E-state index in [4.69, 9.17) is 9.72 Å². The number of anilines is 1. The number of nitrogens with one attached hydrogen (secondary N) is 4. The van der Waals surface area contributed by atoms with Crippen molar-refractivity contribution in [2.45, 2.75) is 90.8 Å². The van der Waals surface area contributed by atoms with Crippen LogP contribution in [0.25, 0.3) is 22.2 Å². The van der Waals surface area contributed by atoms with Gasteiger partial charge in [0.15, 0.2) is 5.65 Å². The number of aromatic nitrogens is 3. The first kappa shape index (κ1) is 36.9. The maximum atomic E-state index is 13.6. The molecule has 3 aliphatic rings. The molecule has 8 rings (SSSR count). The first-order chi connectivity index (χ1) is 26.8. The number of piperazine rings is 1. The Balaban J connectivity index is 0.933. The molecule has 11 heteroatoms. The molecule has 2 aromatic heterocycles. The zero-order chi connectivity index (χ0) is 37.9. The lowest BCUT2D eigenvalue weighted by Gasteiger charge is -2.27. The highest BCUT2D eigenvalue weighted by molar-refractivity contribution is 6.00. The number of aryl methyl sites for hydroxylation is 3. The topological polar surface area (TPSA) is 125 Å². The van der Waals surface area contributed by atoms with Crippen LogP contribution < -0.4 is 21.3 Å². The van der Waals surface area contributed by atoms with Gasteiger partial charge in [0.1, 0.15) is 0 Å². The van der Waals surface area contributed by atoms with Crippen LogP contribution in [0.2, 0.25) is 0 Å². The molecule has 3 aromatic carbocycles. The van der Waals surface area contributed by atoms with Crippen molar-refractivity contribution in [2.24, 2.45) is 0 Å². The SMILES string of the molecule is CCc1nc2c(cnn2CC)c(NC2CCOCC2)c1CNC(=O)c1cccc(C(=O)NCc2cc(C)cc(-c3cccc(CN4C[C@@H]5CC4CN5)c3)c2)c1. The third-order valence-corrected chi connectivity index (χ3v) is 11.4. The molecular weight excluding hydrogens is 689 g/mol. The van der Waals surface area contributed by atoms with Crippen molar-refractivity contribution in [3.8, 4) is 11.1 Å². The number of ether oxygens (including phenoxy) is 1. The molecule has 0 aliphatic carbocycles. The van der Waals surface area contributed by atoms with Crippen LogP contribution in [-0.2, 0) is 37.3 Å². The van der Waals surface area contributed by atoms with E-state index in [0.717, 1.165) is 96.9 Å². The number of pyridine rings is 1. The summed E-state index contributed by atoms with van der Waals surface area (Å²) in [6.07, 6.45) is 5.64. The average molecular weight is 741 g/mol. The molecule has 0 radical (unpaired) electrons. The highest BCUT2D eigenvalue weighted by Gasteiger charge is 2.37. The first-order valence-corrected chi connectivity index (χ1v) is 19.9. The van der Waals surface area contributed by atoms with Crippen LogP contribution in [0.3, 0.4) is 0 Å². The Hall–Kier alpha value is -5.10. The van der Waals surface area contributed by atoms with Crippen LogP contribution in [0.15, 0.2) is 72.9 Å². The Morgan fingerprint density at radius 1 is 0.909 bits per heavy atom. The third-order valence-electron chi connectivity index (χ3n) is 11.4. The number of amides is 2. The lowest BCUT2D eigenvalue weighted by Crippen LogP contribution is -2.42. The maximum Gasteiger partial charge on any atom is 0.251 e. The lowest BCUT2D eigenvalue weighted by atomic mass is 9.98. The third kappa shape index (κ3) is 8.15. The van der Waals surface area contributed by atoms with Gasteiger partial charge in [-0.1, -0.05) is 48.9 Å². The quantitative estimate of drug-likeness (QED) is 0.116. The average Bonchev–Trinajstić information content (AvgIpc) is 3.96. The smallest absolute Gasteiger partial charge is 0.251 e. The van der Waals surface area contributed by atoms with Crippen molar-refractivity contribution >= 4 is 28.5 Å². The molecule has 5 aromatic rings. The van der Waals surface area contributed by atoms with Crippen LogP contribution in [0, 0.1) is 6.92 Å². The van der Waals surface area contributed by atoms with Gasteiger partial charge >= 0.3 is 0 Å². The molecule has 0 saturated carbocycles. The summed E-state index contributed by atoms with van der Waals surface area (Å²) in [7, 11) is 0. The van der Waals surface area contributed by atoms with Gasteiger partial charge < -0.3 is 26.0 Å². The van der Waals surface area contributed by atoms with E-state index >= 15 is 0 Å². The Labute approximate surface area is 323 Å². The van der Waals surface area contributed by atoms with E-state index in [0.29, 0.717) is 42.7 Å². The van der Waals surface area contributed by atoms with Gasteiger partial charge in [0, 0.05) is 93.0 Å². The fourth-order valence-electron chi connectivity index (χ4n) is 8.51. The second-order valence-electron chi connectivity index (χ2n) is 15.3. The zero-order valence-corrected chi connectivity index (χ0v) is 32.2. The molecule has 5 heterocycles. The summed E-state index contributed by atoms with van der Waals surface area (Å²) in [4.78, 5) is 34.7. The monoisotopic (exact) mass is 740 g/mol. The number of hydrogen-bond acceptors (Lipinski definition) is 8. The van der Waals surface area contributed by atoms with Crippen molar-refractivity contribution in [1.82, 2.24) is 35.6 Å². The molecule has 55 heavy (non-hydrogen) atoms. The maximum absolute atomic E-state index is 13.6. The number of nitrogens with zero attached hydrogens (tertiary/aromatic N) is 4. The Morgan fingerprint density at radius 3 is 2.40 bits per heavy atom. The molecule has 286 valence electrons. The van der Waals surface area contributed by atoms with Gasteiger partial charge in [-0.15, -0.1) is 0 Å². The van der Waals surface area contributed by atoms with Crippen LogP contribution in [-0.4, -0.2) is 75.9 Å². The summed E-state index contributed by atoms with van der Waals surface area (Å²) >= 11 is 0. The molecule has 0 spiro atoms. The molecule has 2 bridgehead atoms. The molecule has 1 unspecified atom stereocenters. The van der Waals surface area contributed by atoms with Crippen molar-refractivity contribution in [1.29, 1.82) is 0 Å². The van der Waals surface area contributed by atoms with E-state index in [1.54, 1.807) is 24.3 Å². The molecule has 3 fully saturated rings. The van der Waals surface area contributed by atoms with Gasteiger partial charge in [-0.2, -0.15) is 5.10 Å². The van der Waals surface area contributed by atoms with E-state index in [1.807, 2.05) is 10.9 Å². The standard InChI is InChI=1S/C44H52N8O3/c1-4-40-38(41(49-35-12-14-55-15-13-35)39-25-48-52(5-2)42(39)50-40)24-47-44(54)33-11-7-10-32(20-33)43(53)46-22-30-16-28(3)17-34(19-30)31-9-6-8-29(18-31)26-51-27-36-21-37(51)23-45-36/h6-11,16-20,25,35-37,45H,4-5,12-15,21-24,26-27H2,1-3H3,(H,46,53)(H,47,54)(H,49,50)/t36-,37?/m0/s1. The summed E-state index contributed by atoms with van der Waals surface area (Å²) in [5, 5.41) is 19.1. The van der Waals surface area contributed by atoms with Crippen molar-refractivity contribution < 1.29 is 14.3 Å². The minimum atomic E-state index is -0.252. The number of carbonyl (C=O) groups is 2. The number of fused-ring (bicyclic) bond motifs is 3. The van der Waals surface area contributed by atoms with Crippen LogP contribution in [0.5, 0.6) is 0 Å². The van der Waals surface area contributed by atoms with E-state index in [-0.39, 0.29) is 17.9 Å². The predicted molar refractivity (Wildman–Crippen MR) is 216 cm³/mol. The molecule has 4 N–H and O–H groups in total. The van der Waals surface area contributed by atoms with Crippen LogP contribution in [0.4, 0.5) is 5.69 Å². The number of benzene rings is 3. The van der Waals surface area contributed by atoms with E-state index in [2.05, 4.69) is 94.5 Å². The van der Waals surface area contributed by atoms with Gasteiger partial charge in [-0.05, 0) is 92.1 Å². The Morgan fingerprint density at radius 2 is 1.67 bits per heavy atom. The van der Waals surface area contributed by atoms with Crippen molar-refractivity contribution in [3.63, 3.8) is 0 Å². The number of likely N-dealkylation sites (tertiary alicyclic amines) is 1. The zero-order valence-electron chi connectivity index (χ0n) is 32.2. The van der Waals surface area contributed by atoms with Crippen LogP contribution >= 0.6 is 0 Å². The fourth-order valence-corrected chi connectivity index (χ4v) is 8.51. The van der Waals surface area contributed by atoms with Gasteiger partial charge in [0.05, 0.1) is 17.3 Å². The van der Waals surface area contributed by atoms with Crippen LogP contribution in [0.1, 0.15) is 81.8 Å². The summed E-state index contributed by atoms with van der Waals surface area (Å²) in [5.41, 5.74) is 10.4. The summed E-state index contributed by atoms with van der Waals surface area (Å²) in [6.45, 7) is 12.2. The normalized spacial score (nSPS) is 18.5. The molecule has 2 amide bonds. The van der Waals surface area contributed by atoms with E-state index < -0.39 is 0 Å². The minimum Gasteiger partial charge on any atom is -0.381 e. The molecule has 2 atom stereocenters. The van der Waals surface area contributed by atoms with E-state index in [1.165, 1.54) is 17.5 Å². The molecule has 3 saturated heterocycles. The molecule has 11 nitrogen and oxygen atoms in total. The Kier molecular flexibility index (Phi) is 10.9.